The minimum absolute atomic E-state index is 0.0796. The fraction of sp³-hybridized carbons (Fsp3) is 0.771. The van der Waals surface area contributed by atoms with Crippen LogP contribution in [0.1, 0.15) is 147 Å². The topological polar surface area (TPSA) is 72.8 Å². The summed E-state index contributed by atoms with van der Waals surface area (Å²) in [7, 11) is 0. The number of unbranched alkanes of at least 4 members (excludes halogenated alkanes) is 1. The molecule has 0 bridgehead atoms. The highest BCUT2D eigenvalue weighted by Gasteiger charge is 2.34. The van der Waals surface area contributed by atoms with E-state index in [1.165, 1.54) is 51.4 Å². The lowest BCUT2D eigenvalue weighted by Crippen LogP contribution is -2.37. The molecule has 0 amide bonds. The third-order valence-electron chi connectivity index (χ3n) is 9.08. The zero-order chi connectivity index (χ0) is 29.9. The largest absolute Gasteiger partial charge is 0.487 e. The first-order valence-electron chi connectivity index (χ1n) is 16.1. The third-order valence-corrected chi connectivity index (χ3v) is 9.08. The second-order valence-electron chi connectivity index (χ2n) is 13.5. The van der Waals surface area contributed by atoms with Crippen molar-refractivity contribution in [3.8, 4) is 11.5 Å². The third kappa shape index (κ3) is 11.1. The molecule has 40 heavy (non-hydrogen) atoms. The summed E-state index contributed by atoms with van der Waals surface area (Å²) in [4.78, 5) is 23.2. The van der Waals surface area contributed by atoms with Crippen LogP contribution in [0.2, 0.25) is 0 Å². The number of aliphatic carboxylic acids is 1. The van der Waals surface area contributed by atoms with Crippen LogP contribution in [0.15, 0.2) is 0 Å². The van der Waals surface area contributed by atoms with Crippen LogP contribution in [-0.4, -0.2) is 22.6 Å². The maximum absolute atomic E-state index is 12.5. The molecule has 5 heteroatoms. The van der Waals surface area contributed by atoms with Gasteiger partial charge in [-0.25, -0.2) is 0 Å². The van der Waals surface area contributed by atoms with Crippen molar-refractivity contribution in [1.29, 1.82) is 0 Å². The molecule has 1 aliphatic rings. The molecule has 0 unspecified atom stereocenters. The molecule has 1 N–H and O–H groups in total. The van der Waals surface area contributed by atoms with Crippen molar-refractivity contribution in [2.75, 3.05) is 0 Å². The Bertz CT molecular complexity index is 965. The quantitative estimate of drug-likeness (QED) is 0.110. The van der Waals surface area contributed by atoms with Gasteiger partial charge in [-0.3, -0.25) is 9.59 Å². The molecule has 1 heterocycles. The molecule has 3 atom stereocenters. The first kappa shape index (κ1) is 34.2. The average Bonchev–Trinajstić information content (AvgIpc) is 2.87. The van der Waals surface area contributed by atoms with E-state index in [1.807, 2.05) is 13.8 Å². The van der Waals surface area contributed by atoms with E-state index in [0.717, 1.165) is 65.0 Å². The van der Waals surface area contributed by atoms with Gasteiger partial charge in [-0.05, 0) is 101 Å². The van der Waals surface area contributed by atoms with Gasteiger partial charge in [0.05, 0.1) is 0 Å². The van der Waals surface area contributed by atoms with Crippen molar-refractivity contribution < 1.29 is 24.2 Å². The van der Waals surface area contributed by atoms with Crippen LogP contribution in [0, 0.1) is 38.5 Å². The Kier molecular flexibility index (Phi) is 14.0. The standard InChI is InChI=1S/C35H58O5/c1-24(2)14-11-15-25(3)16-12-17-26(4)18-13-22-35(8)23-21-30-29(7)33(27(5)28(6)34(30)40-35)39-32(38)20-10-9-19-31(36)37/h24-26H,9-23H2,1-8H3,(H,36,37)/t25-,26-,35-/m1/s1. The second kappa shape index (κ2) is 16.4. The van der Waals surface area contributed by atoms with Gasteiger partial charge >= 0.3 is 11.9 Å². The molecule has 0 saturated heterocycles. The lowest BCUT2D eigenvalue weighted by atomic mass is 9.83. The van der Waals surface area contributed by atoms with Gasteiger partial charge in [-0.15, -0.1) is 0 Å². The molecule has 2 rings (SSSR count). The highest BCUT2D eigenvalue weighted by Crippen LogP contribution is 2.45. The molecule has 0 fully saturated rings. The zero-order valence-electron chi connectivity index (χ0n) is 26.9. The summed E-state index contributed by atoms with van der Waals surface area (Å²) >= 11 is 0. The molecule has 1 aliphatic heterocycles. The summed E-state index contributed by atoms with van der Waals surface area (Å²) in [6.45, 7) is 17.8. The van der Waals surface area contributed by atoms with E-state index in [-0.39, 0.29) is 24.4 Å². The summed E-state index contributed by atoms with van der Waals surface area (Å²) < 4.78 is 12.5. The number of esters is 1. The molecule has 228 valence electrons. The van der Waals surface area contributed by atoms with Crippen molar-refractivity contribution >= 4 is 11.9 Å². The maximum atomic E-state index is 12.5. The maximum Gasteiger partial charge on any atom is 0.311 e. The fourth-order valence-corrected chi connectivity index (χ4v) is 6.12. The Labute approximate surface area is 244 Å². The molecule has 1 aromatic carbocycles. The lowest BCUT2D eigenvalue weighted by molar-refractivity contribution is -0.138. The molecule has 0 aromatic heterocycles. The molecule has 0 radical (unpaired) electrons. The van der Waals surface area contributed by atoms with Gasteiger partial charge in [0, 0.05) is 18.4 Å². The molecular weight excluding hydrogens is 500 g/mol. The molecule has 1 aromatic rings. The minimum Gasteiger partial charge on any atom is -0.487 e. The Balaban J connectivity index is 1.85. The summed E-state index contributed by atoms with van der Waals surface area (Å²) in [6.07, 6.45) is 14.8. The van der Waals surface area contributed by atoms with Gasteiger partial charge < -0.3 is 14.6 Å². The van der Waals surface area contributed by atoms with Crippen LogP contribution in [0.5, 0.6) is 11.5 Å². The number of carbonyl (C=O) groups excluding carboxylic acids is 1. The number of benzene rings is 1. The Morgan fingerprint density at radius 2 is 1.40 bits per heavy atom. The van der Waals surface area contributed by atoms with Crippen LogP contribution in [0.25, 0.3) is 0 Å². The monoisotopic (exact) mass is 558 g/mol. The summed E-state index contributed by atoms with van der Waals surface area (Å²) in [5.41, 5.74) is 3.99. The van der Waals surface area contributed by atoms with Gasteiger partial charge in [0.25, 0.3) is 0 Å². The Morgan fingerprint density at radius 3 is 2.00 bits per heavy atom. The number of carboxylic acid groups (broad SMARTS) is 1. The van der Waals surface area contributed by atoms with Crippen molar-refractivity contribution in [2.24, 2.45) is 17.8 Å². The summed E-state index contributed by atoms with van der Waals surface area (Å²) in [6, 6.07) is 0. The molecule has 0 spiro atoms. The highest BCUT2D eigenvalue weighted by atomic mass is 16.5. The van der Waals surface area contributed by atoms with Crippen LogP contribution in [0.3, 0.4) is 0 Å². The van der Waals surface area contributed by atoms with Gasteiger partial charge in [0.15, 0.2) is 0 Å². The SMILES string of the molecule is Cc1c(C)c2c(c(C)c1OC(=O)CCCCC(=O)O)CC[C@@](C)(CCC[C@H](C)CCC[C@H](C)CCCC(C)C)O2. The van der Waals surface area contributed by atoms with E-state index in [4.69, 9.17) is 14.6 Å². The van der Waals surface area contributed by atoms with Crippen LogP contribution < -0.4 is 9.47 Å². The minimum atomic E-state index is -0.834. The first-order chi connectivity index (χ1) is 18.8. The predicted molar refractivity (Wildman–Crippen MR) is 164 cm³/mol. The normalized spacial score (nSPS) is 18.2. The van der Waals surface area contributed by atoms with Gasteiger partial charge in [0.1, 0.15) is 17.1 Å². The number of hydrogen-bond acceptors (Lipinski definition) is 4. The van der Waals surface area contributed by atoms with Gasteiger partial charge in [-0.1, -0.05) is 72.6 Å². The number of carboxylic acids is 1. The smallest absolute Gasteiger partial charge is 0.311 e. The lowest BCUT2D eigenvalue weighted by Gasteiger charge is -2.38. The van der Waals surface area contributed by atoms with Crippen molar-refractivity contribution in [2.45, 2.75) is 157 Å². The first-order valence-corrected chi connectivity index (χ1v) is 16.1. The Morgan fingerprint density at radius 1 is 0.825 bits per heavy atom. The zero-order valence-corrected chi connectivity index (χ0v) is 26.9. The van der Waals surface area contributed by atoms with Crippen LogP contribution in [-0.2, 0) is 16.0 Å². The highest BCUT2D eigenvalue weighted by molar-refractivity contribution is 5.74. The predicted octanol–water partition coefficient (Wildman–Crippen LogP) is 9.69. The van der Waals surface area contributed by atoms with Crippen molar-refractivity contribution in [3.05, 3.63) is 22.3 Å². The number of carbonyl (C=O) groups is 2. The number of rotatable bonds is 18. The fourth-order valence-electron chi connectivity index (χ4n) is 6.12. The molecule has 0 saturated carbocycles. The van der Waals surface area contributed by atoms with Crippen molar-refractivity contribution in [3.63, 3.8) is 0 Å². The average molecular weight is 559 g/mol. The van der Waals surface area contributed by atoms with E-state index < -0.39 is 5.97 Å². The second-order valence-corrected chi connectivity index (χ2v) is 13.5. The van der Waals surface area contributed by atoms with E-state index in [2.05, 4.69) is 41.5 Å². The van der Waals surface area contributed by atoms with E-state index >= 15 is 0 Å². The van der Waals surface area contributed by atoms with E-state index in [1.54, 1.807) is 0 Å². The van der Waals surface area contributed by atoms with Crippen LogP contribution >= 0.6 is 0 Å². The number of hydrogen-bond donors (Lipinski definition) is 1. The van der Waals surface area contributed by atoms with Crippen molar-refractivity contribution in [1.82, 2.24) is 0 Å². The molecular formula is C35H58O5. The van der Waals surface area contributed by atoms with E-state index in [9.17, 15) is 9.59 Å². The van der Waals surface area contributed by atoms with E-state index in [0.29, 0.717) is 18.6 Å². The number of ether oxygens (including phenoxy) is 2. The summed E-state index contributed by atoms with van der Waals surface area (Å²) in [5.74, 6) is 2.92. The van der Waals surface area contributed by atoms with Gasteiger partial charge in [0.2, 0.25) is 0 Å². The molecule has 0 aliphatic carbocycles. The summed E-state index contributed by atoms with van der Waals surface area (Å²) in [5, 5.41) is 8.79. The Hall–Kier alpha value is -2.04. The van der Waals surface area contributed by atoms with Crippen LogP contribution in [0.4, 0.5) is 0 Å². The number of fused-ring (bicyclic) bond motifs is 1. The van der Waals surface area contributed by atoms with Gasteiger partial charge in [-0.2, -0.15) is 0 Å². The molecule has 5 nitrogen and oxygen atoms in total.